The van der Waals surface area contributed by atoms with Gasteiger partial charge in [0.15, 0.2) is 0 Å². The lowest BCUT2D eigenvalue weighted by atomic mass is 9.78. The van der Waals surface area contributed by atoms with Gasteiger partial charge >= 0.3 is 12.3 Å². The number of carbonyl (C=O) groups excluding carboxylic acids is 1. The molecule has 0 aliphatic carbocycles. The van der Waals surface area contributed by atoms with Crippen molar-refractivity contribution in [1.29, 1.82) is 0 Å². The first-order valence-electron chi connectivity index (χ1n) is 6.18. The average molecular weight is 282 g/mol. The number of alkyl halides is 3. The molecule has 1 aliphatic heterocycles. The van der Waals surface area contributed by atoms with E-state index < -0.39 is 42.3 Å². The van der Waals surface area contributed by atoms with Crippen LogP contribution in [0.3, 0.4) is 0 Å². The zero-order valence-corrected chi connectivity index (χ0v) is 11.7. The van der Waals surface area contributed by atoms with Crippen LogP contribution in [-0.2, 0) is 4.74 Å². The number of rotatable bonds is 1. The summed E-state index contributed by atoms with van der Waals surface area (Å²) in [5, 5.41) is 0. The molecule has 112 valence electrons. The van der Waals surface area contributed by atoms with E-state index in [1.165, 1.54) is 6.92 Å². The van der Waals surface area contributed by atoms with E-state index in [4.69, 9.17) is 10.5 Å². The third kappa shape index (κ3) is 3.13. The Labute approximate surface area is 111 Å². The van der Waals surface area contributed by atoms with Gasteiger partial charge in [-0.3, -0.25) is 0 Å². The molecule has 1 fully saturated rings. The van der Waals surface area contributed by atoms with Crippen LogP contribution in [0, 0.1) is 11.3 Å². The normalized spacial score (nSPS) is 28.6. The monoisotopic (exact) mass is 282 g/mol. The van der Waals surface area contributed by atoms with Crippen molar-refractivity contribution in [2.24, 2.45) is 17.1 Å². The van der Waals surface area contributed by atoms with E-state index in [-0.39, 0.29) is 6.54 Å². The predicted molar refractivity (Wildman–Crippen MR) is 64.5 cm³/mol. The maximum Gasteiger partial charge on any atom is 0.410 e. The predicted octanol–water partition coefficient (Wildman–Crippen LogP) is 2.38. The number of hydrogen-bond donors (Lipinski definition) is 1. The Hall–Kier alpha value is -0.980. The van der Waals surface area contributed by atoms with Crippen molar-refractivity contribution < 1.29 is 22.7 Å². The van der Waals surface area contributed by atoms with Crippen LogP contribution in [0.5, 0.6) is 0 Å². The number of hydrogen-bond acceptors (Lipinski definition) is 3. The molecule has 2 atom stereocenters. The van der Waals surface area contributed by atoms with Crippen molar-refractivity contribution in [3.8, 4) is 0 Å². The summed E-state index contributed by atoms with van der Waals surface area (Å²) < 4.78 is 44.6. The Balaban J connectivity index is 2.88. The van der Waals surface area contributed by atoms with Crippen LogP contribution < -0.4 is 5.73 Å². The summed E-state index contributed by atoms with van der Waals surface area (Å²) in [4.78, 5) is 12.9. The van der Waals surface area contributed by atoms with Crippen LogP contribution >= 0.6 is 0 Å². The van der Waals surface area contributed by atoms with E-state index in [0.717, 1.165) is 4.90 Å². The second kappa shape index (κ2) is 4.85. The molecule has 4 nitrogen and oxygen atoms in total. The zero-order chi connectivity index (χ0) is 15.1. The highest BCUT2D eigenvalue weighted by Gasteiger charge is 2.62. The van der Waals surface area contributed by atoms with Gasteiger partial charge in [0.05, 0.1) is 0 Å². The molecular formula is C12H21F3N2O2. The highest BCUT2D eigenvalue weighted by molar-refractivity contribution is 5.68. The molecule has 2 unspecified atom stereocenters. The molecule has 1 rings (SSSR count). The molecule has 1 saturated heterocycles. The highest BCUT2D eigenvalue weighted by Crippen LogP contribution is 2.48. The highest BCUT2D eigenvalue weighted by atomic mass is 19.4. The Bertz CT molecular complexity index is 352. The van der Waals surface area contributed by atoms with Crippen molar-refractivity contribution in [3.63, 3.8) is 0 Å². The topological polar surface area (TPSA) is 55.6 Å². The summed E-state index contributed by atoms with van der Waals surface area (Å²) in [5.74, 6) is -0.745. The van der Waals surface area contributed by atoms with Gasteiger partial charge in [-0.15, -0.1) is 0 Å². The first-order chi connectivity index (χ1) is 8.43. The van der Waals surface area contributed by atoms with Crippen LogP contribution in [0.2, 0.25) is 0 Å². The smallest absolute Gasteiger partial charge is 0.410 e. The molecule has 1 heterocycles. The summed E-state index contributed by atoms with van der Waals surface area (Å²) in [7, 11) is 0. The third-order valence-electron chi connectivity index (χ3n) is 3.49. The fraction of sp³-hybridized carbons (Fsp3) is 0.917. The van der Waals surface area contributed by atoms with Gasteiger partial charge in [-0.1, -0.05) is 6.92 Å². The van der Waals surface area contributed by atoms with E-state index in [1.54, 1.807) is 20.8 Å². The Morgan fingerprint density at radius 2 is 1.95 bits per heavy atom. The molecule has 19 heavy (non-hydrogen) atoms. The number of nitrogens with two attached hydrogens (primary N) is 1. The van der Waals surface area contributed by atoms with Gasteiger partial charge < -0.3 is 15.4 Å². The van der Waals surface area contributed by atoms with Crippen LogP contribution in [0.25, 0.3) is 0 Å². The quantitative estimate of drug-likeness (QED) is 0.803. The Kier molecular flexibility index (Phi) is 4.10. The molecular weight excluding hydrogens is 261 g/mol. The van der Waals surface area contributed by atoms with Gasteiger partial charge in [0.1, 0.15) is 11.0 Å². The van der Waals surface area contributed by atoms with Gasteiger partial charge in [-0.25, -0.2) is 4.79 Å². The van der Waals surface area contributed by atoms with Gasteiger partial charge in [-0.05, 0) is 26.7 Å². The maximum absolute atomic E-state index is 13.2. The zero-order valence-electron chi connectivity index (χ0n) is 11.7. The minimum atomic E-state index is -4.43. The molecule has 0 bridgehead atoms. The molecule has 0 saturated carbocycles. The minimum absolute atomic E-state index is 0.00558. The molecule has 2 N–H and O–H groups in total. The van der Waals surface area contributed by atoms with Crippen LogP contribution in [0.15, 0.2) is 0 Å². The summed E-state index contributed by atoms with van der Waals surface area (Å²) in [6.45, 7) is 5.51. The number of nitrogens with zero attached hydrogens (tertiary/aromatic N) is 1. The summed E-state index contributed by atoms with van der Waals surface area (Å²) in [6.07, 6.45) is -5.16. The summed E-state index contributed by atoms with van der Waals surface area (Å²) in [6, 6.07) is 0. The molecule has 0 aromatic heterocycles. The average Bonchev–Trinajstić information content (AvgIpc) is 2.53. The molecule has 0 aromatic rings. The molecule has 7 heteroatoms. The maximum atomic E-state index is 13.2. The van der Waals surface area contributed by atoms with E-state index in [2.05, 4.69) is 0 Å². The SMILES string of the molecule is CC1CN(C(=O)OC(C)(C)C)CC1(CN)C(F)(F)F. The first-order valence-corrected chi connectivity index (χ1v) is 6.18. The summed E-state index contributed by atoms with van der Waals surface area (Å²) in [5.41, 5.74) is 2.57. The largest absolute Gasteiger partial charge is 0.444 e. The van der Waals surface area contributed by atoms with E-state index in [0.29, 0.717) is 0 Å². The van der Waals surface area contributed by atoms with Crippen molar-refractivity contribution in [2.45, 2.75) is 39.5 Å². The van der Waals surface area contributed by atoms with E-state index >= 15 is 0 Å². The molecule has 0 radical (unpaired) electrons. The molecule has 1 aliphatic rings. The molecule has 0 aromatic carbocycles. The van der Waals surface area contributed by atoms with Gasteiger partial charge in [0.25, 0.3) is 0 Å². The number of ether oxygens (including phenoxy) is 1. The molecule has 0 spiro atoms. The van der Waals surface area contributed by atoms with Crippen molar-refractivity contribution in [1.82, 2.24) is 4.90 Å². The number of halogens is 3. The fourth-order valence-electron chi connectivity index (χ4n) is 2.28. The lowest BCUT2D eigenvalue weighted by Gasteiger charge is -2.33. The Morgan fingerprint density at radius 3 is 2.26 bits per heavy atom. The van der Waals surface area contributed by atoms with Crippen molar-refractivity contribution >= 4 is 6.09 Å². The standard InChI is InChI=1S/C12H21F3N2O2/c1-8-5-17(9(18)19-10(2,3)4)7-11(8,6-16)12(13,14)15/h8H,5-7,16H2,1-4H3. The first kappa shape index (κ1) is 16.1. The van der Waals surface area contributed by atoms with E-state index in [9.17, 15) is 18.0 Å². The second-order valence-electron chi connectivity index (χ2n) is 6.12. The van der Waals surface area contributed by atoms with Gasteiger partial charge in [0, 0.05) is 19.6 Å². The number of amides is 1. The lowest BCUT2D eigenvalue weighted by Crippen LogP contribution is -2.50. The van der Waals surface area contributed by atoms with Crippen LogP contribution in [-0.4, -0.2) is 42.4 Å². The van der Waals surface area contributed by atoms with Crippen LogP contribution in [0.4, 0.5) is 18.0 Å². The van der Waals surface area contributed by atoms with E-state index in [1.807, 2.05) is 0 Å². The van der Waals surface area contributed by atoms with Gasteiger partial charge in [0.2, 0.25) is 0 Å². The minimum Gasteiger partial charge on any atom is -0.444 e. The van der Waals surface area contributed by atoms with Gasteiger partial charge in [-0.2, -0.15) is 13.2 Å². The van der Waals surface area contributed by atoms with Crippen molar-refractivity contribution in [3.05, 3.63) is 0 Å². The third-order valence-corrected chi connectivity index (χ3v) is 3.49. The Morgan fingerprint density at radius 1 is 1.42 bits per heavy atom. The second-order valence-corrected chi connectivity index (χ2v) is 6.12. The van der Waals surface area contributed by atoms with Crippen molar-refractivity contribution in [2.75, 3.05) is 19.6 Å². The molecule has 1 amide bonds. The number of carbonyl (C=O) groups is 1. The lowest BCUT2D eigenvalue weighted by molar-refractivity contribution is -0.226. The summed E-state index contributed by atoms with van der Waals surface area (Å²) >= 11 is 0. The fourth-order valence-corrected chi connectivity index (χ4v) is 2.28. The van der Waals surface area contributed by atoms with Crippen LogP contribution in [0.1, 0.15) is 27.7 Å². The number of likely N-dealkylation sites (tertiary alicyclic amines) is 1.